The number of rotatable bonds is 16. The molecule has 3 aromatic rings. The lowest BCUT2D eigenvalue weighted by Gasteiger charge is -2.08. The van der Waals surface area contributed by atoms with E-state index >= 15 is 0 Å². The molecule has 1 heterocycles. The lowest BCUT2D eigenvalue weighted by atomic mass is 10.1. The van der Waals surface area contributed by atoms with Crippen molar-refractivity contribution < 1.29 is 19.2 Å². The van der Waals surface area contributed by atoms with E-state index in [1.165, 1.54) is 75.1 Å². The summed E-state index contributed by atoms with van der Waals surface area (Å²) < 4.78 is 8.15. The summed E-state index contributed by atoms with van der Waals surface area (Å²) in [6, 6.07) is 18.1. The zero-order chi connectivity index (χ0) is 24.0. The van der Waals surface area contributed by atoms with Crippen LogP contribution >= 0.6 is 0 Å². The highest BCUT2D eigenvalue weighted by Gasteiger charge is 2.08. The Morgan fingerprint density at radius 3 is 2.09 bits per heavy atom. The van der Waals surface area contributed by atoms with Gasteiger partial charge in [-0.2, -0.15) is 4.57 Å². The van der Waals surface area contributed by atoms with Gasteiger partial charge in [-0.25, -0.2) is 4.79 Å². The van der Waals surface area contributed by atoms with Gasteiger partial charge in [0.15, 0.2) is 6.20 Å². The molecule has 0 fully saturated rings. The summed E-state index contributed by atoms with van der Waals surface area (Å²) in [6.45, 7) is 3.61. The van der Waals surface area contributed by atoms with Gasteiger partial charge in [0.1, 0.15) is 12.3 Å². The largest absolute Gasteiger partial charge is 0.494 e. The monoisotopic (exact) mass is 462 g/mol. The number of carboxylic acid groups (broad SMARTS) is 1. The predicted molar refractivity (Wildman–Crippen MR) is 139 cm³/mol. The molecule has 0 atom stereocenters. The van der Waals surface area contributed by atoms with Crippen LogP contribution in [0.4, 0.5) is 0 Å². The average Bonchev–Trinajstić information content (AvgIpc) is 2.84. The lowest BCUT2D eigenvalue weighted by Crippen LogP contribution is -2.33. The molecule has 0 aliphatic heterocycles. The third kappa shape index (κ3) is 8.48. The molecule has 3 rings (SSSR count). The number of benzene rings is 2. The molecular weight excluding hydrogens is 422 g/mol. The second-order valence-electron chi connectivity index (χ2n) is 9.28. The molecule has 0 saturated heterocycles. The molecule has 0 radical (unpaired) electrons. The van der Waals surface area contributed by atoms with Crippen molar-refractivity contribution in [2.45, 2.75) is 84.1 Å². The van der Waals surface area contributed by atoms with Crippen LogP contribution in [0.2, 0.25) is 0 Å². The normalized spacial score (nSPS) is 11.1. The summed E-state index contributed by atoms with van der Waals surface area (Å²) in [6.07, 6.45) is 16.3. The van der Waals surface area contributed by atoms with Crippen LogP contribution in [-0.4, -0.2) is 17.7 Å². The number of carboxylic acids is 1. The van der Waals surface area contributed by atoms with Crippen molar-refractivity contribution in [2.24, 2.45) is 0 Å². The Morgan fingerprint density at radius 2 is 1.41 bits per heavy atom. The first-order chi connectivity index (χ1) is 16.6. The minimum atomic E-state index is -0.889. The minimum Gasteiger partial charge on any atom is -0.494 e. The Labute approximate surface area is 204 Å². The Bertz CT molecular complexity index is 1030. The quantitative estimate of drug-likeness (QED) is 0.177. The molecule has 0 spiro atoms. The number of carbonyl (C=O) groups is 1. The van der Waals surface area contributed by atoms with Crippen LogP contribution in [0.5, 0.6) is 5.75 Å². The van der Waals surface area contributed by atoms with Crippen LogP contribution in [0.15, 0.2) is 60.8 Å². The van der Waals surface area contributed by atoms with E-state index in [-0.39, 0.29) is 0 Å². The second kappa shape index (κ2) is 14.4. The van der Waals surface area contributed by atoms with Gasteiger partial charge in [-0.3, -0.25) is 0 Å². The summed E-state index contributed by atoms with van der Waals surface area (Å²) in [5, 5.41) is 10.4. The molecule has 0 bridgehead atoms. The van der Waals surface area contributed by atoms with Crippen molar-refractivity contribution in [3.05, 3.63) is 71.9 Å². The molecule has 0 aliphatic carbocycles. The molecular formula is C30H40NO3+. The highest BCUT2D eigenvalue weighted by atomic mass is 16.5. The molecule has 182 valence electrons. The third-order valence-electron chi connectivity index (χ3n) is 6.53. The molecule has 2 aromatic carbocycles. The standard InChI is InChI=1S/C30H39NO3/c1-25-24-27(19-20-28(25)30(32)33)34-23-14-10-8-6-4-2-3-5-7-9-13-21-31-22-15-17-26-16-11-12-18-29(26)31/h11-12,15-20,22,24H,2-10,13-14,21,23H2,1H3/p+1. The lowest BCUT2D eigenvalue weighted by molar-refractivity contribution is -0.671. The van der Waals surface area contributed by atoms with E-state index in [0.717, 1.165) is 24.3 Å². The van der Waals surface area contributed by atoms with Crippen molar-refractivity contribution in [1.29, 1.82) is 0 Å². The number of ether oxygens (including phenoxy) is 1. The summed E-state index contributed by atoms with van der Waals surface area (Å²) >= 11 is 0. The summed E-state index contributed by atoms with van der Waals surface area (Å²) in [5.74, 6) is -0.127. The van der Waals surface area contributed by atoms with Gasteiger partial charge in [-0.05, 0) is 55.7 Å². The van der Waals surface area contributed by atoms with E-state index in [1.54, 1.807) is 12.1 Å². The third-order valence-corrected chi connectivity index (χ3v) is 6.53. The maximum Gasteiger partial charge on any atom is 0.335 e. The van der Waals surface area contributed by atoms with Crippen LogP contribution < -0.4 is 9.30 Å². The Kier molecular flexibility index (Phi) is 10.9. The van der Waals surface area contributed by atoms with E-state index in [9.17, 15) is 4.79 Å². The topological polar surface area (TPSA) is 50.4 Å². The Balaban J connectivity index is 1.13. The minimum absolute atomic E-state index is 0.340. The van der Waals surface area contributed by atoms with E-state index in [2.05, 4.69) is 47.2 Å². The SMILES string of the molecule is Cc1cc(OCCCCCCCCCCCCC[n+]2cccc3ccccc32)ccc1C(=O)O. The Morgan fingerprint density at radius 1 is 0.794 bits per heavy atom. The van der Waals surface area contributed by atoms with Gasteiger partial charge in [0.25, 0.3) is 0 Å². The number of aryl methyl sites for hydroxylation is 2. The van der Waals surface area contributed by atoms with E-state index in [1.807, 2.05) is 13.0 Å². The molecule has 4 nitrogen and oxygen atoms in total. The summed E-state index contributed by atoms with van der Waals surface area (Å²) in [7, 11) is 0. The fraction of sp³-hybridized carbons (Fsp3) is 0.467. The number of unbranched alkanes of at least 4 members (excludes halogenated alkanes) is 10. The fourth-order valence-electron chi connectivity index (χ4n) is 4.55. The van der Waals surface area contributed by atoms with Crippen LogP contribution in [0.3, 0.4) is 0 Å². The van der Waals surface area contributed by atoms with Gasteiger partial charge in [-0.15, -0.1) is 0 Å². The number of aromatic carboxylic acids is 1. The number of hydrogen-bond donors (Lipinski definition) is 1. The van der Waals surface area contributed by atoms with Crippen molar-refractivity contribution in [1.82, 2.24) is 0 Å². The van der Waals surface area contributed by atoms with E-state index in [4.69, 9.17) is 9.84 Å². The van der Waals surface area contributed by atoms with Crippen molar-refractivity contribution in [3.63, 3.8) is 0 Å². The van der Waals surface area contributed by atoms with Gasteiger partial charge in [0, 0.05) is 23.9 Å². The molecule has 1 N–H and O–H groups in total. The number of hydrogen-bond acceptors (Lipinski definition) is 2. The maximum absolute atomic E-state index is 11.1. The number of aromatic nitrogens is 1. The highest BCUT2D eigenvalue weighted by Crippen LogP contribution is 2.18. The van der Waals surface area contributed by atoms with Gasteiger partial charge >= 0.3 is 5.97 Å². The average molecular weight is 463 g/mol. The highest BCUT2D eigenvalue weighted by molar-refractivity contribution is 5.89. The summed E-state index contributed by atoms with van der Waals surface area (Å²) in [4.78, 5) is 11.1. The molecule has 0 unspecified atom stereocenters. The van der Waals surface area contributed by atoms with Gasteiger partial charge < -0.3 is 9.84 Å². The smallest absolute Gasteiger partial charge is 0.335 e. The zero-order valence-electron chi connectivity index (χ0n) is 20.7. The predicted octanol–water partition coefficient (Wildman–Crippen LogP) is 7.50. The second-order valence-corrected chi connectivity index (χ2v) is 9.28. The maximum atomic E-state index is 11.1. The van der Waals surface area contributed by atoms with Crippen LogP contribution in [0.1, 0.15) is 86.6 Å². The molecule has 34 heavy (non-hydrogen) atoms. The van der Waals surface area contributed by atoms with Crippen LogP contribution in [-0.2, 0) is 6.54 Å². The van der Waals surface area contributed by atoms with Crippen molar-refractivity contribution >= 4 is 16.9 Å². The van der Waals surface area contributed by atoms with Crippen molar-refractivity contribution in [2.75, 3.05) is 6.61 Å². The number of para-hydroxylation sites is 1. The molecule has 0 amide bonds. The van der Waals surface area contributed by atoms with Crippen LogP contribution in [0, 0.1) is 6.92 Å². The number of nitrogens with zero attached hydrogens (tertiary/aromatic N) is 1. The number of fused-ring (bicyclic) bond motifs is 1. The van der Waals surface area contributed by atoms with E-state index < -0.39 is 5.97 Å². The van der Waals surface area contributed by atoms with Gasteiger partial charge in [-0.1, -0.05) is 63.5 Å². The summed E-state index contributed by atoms with van der Waals surface area (Å²) in [5.41, 5.74) is 2.42. The molecule has 0 saturated carbocycles. The van der Waals surface area contributed by atoms with E-state index in [0.29, 0.717) is 12.2 Å². The molecule has 1 aromatic heterocycles. The van der Waals surface area contributed by atoms with Gasteiger partial charge in [0.05, 0.1) is 12.2 Å². The Hall–Kier alpha value is -2.88. The molecule has 0 aliphatic rings. The molecule has 4 heteroatoms. The zero-order valence-corrected chi connectivity index (χ0v) is 20.7. The van der Waals surface area contributed by atoms with Gasteiger partial charge in [0.2, 0.25) is 5.52 Å². The van der Waals surface area contributed by atoms with Crippen LogP contribution in [0.25, 0.3) is 10.9 Å². The first-order valence-corrected chi connectivity index (χ1v) is 13.0. The number of pyridine rings is 1. The first kappa shape index (κ1) is 25.7. The first-order valence-electron chi connectivity index (χ1n) is 13.0. The van der Waals surface area contributed by atoms with Crippen molar-refractivity contribution in [3.8, 4) is 5.75 Å². The fourth-order valence-corrected chi connectivity index (χ4v) is 4.55.